The van der Waals surface area contributed by atoms with E-state index in [-0.39, 0.29) is 23.6 Å². The van der Waals surface area contributed by atoms with Crippen LogP contribution in [0.2, 0.25) is 0 Å². The van der Waals surface area contributed by atoms with E-state index in [1.807, 2.05) is 13.0 Å². The Kier molecular flexibility index (Phi) is 6.62. The van der Waals surface area contributed by atoms with Gasteiger partial charge in [-0.15, -0.1) is 0 Å². The lowest BCUT2D eigenvalue weighted by molar-refractivity contribution is -0.126. The van der Waals surface area contributed by atoms with Crippen LogP contribution in [-0.2, 0) is 9.59 Å². The SMILES string of the molecule is CCOc1cccc(C(=O)NCC2CCCN(C(=O)C3=NNC(=O)CC3)C2)c1. The van der Waals surface area contributed by atoms with Crippen molar-refractivity contribution >= 4 is 23.4 Å². The first-order valence-electron chi connectivity index (χ1n) is 9.72. The molecule has 2 aliphatic heterocycles. The summed E-state index contributed by atoms with van der Waals surface area (Å²) in [6, 6.07) is 7.10. The van der Waals surface area contributed by atoms with Gasteiger partial charge in [-0.3, -0.25) is 14.4 Å². The molecule has 1 aromatic rings. The molecule has 3 rings (SSSR count). The van der Waals surface area contributed by atoms with Crippen molar-refractivity contribution < 1.29 is 19.1 Å². The standard InChI is InChI=1S/C20H26N4O4/c1-2-28-16-7-3-6-15(11-16)19(26)21-12-14-5-4-10-24(13-14)20(27)17-8-9-18(25)23-22-17/h3,6-7,11,14H,2,4-5,8-10,12-13H2,1H3,(H,21,26)(H,23,25). The van der Waals surface area contributed by atoms with Crippen LogP contribution in [0.5, 0.6) is 5.75 Å². The molecule has 2 heterocycles. The number of rotatable bonds is 6. The Balaban J connectivity index is 1.52. The highest BCUT2D eigenvalue weighted by Gasteiger charge is 2.28. The second kappa shape index (κ2) is 9.34. The largest absolute Gasteiger partial charge is 0.494 e. The van der Waals surface area contributed by atoms with Crippen LogP contribution in [0.25, 0.3) is 0 Å². The third kappa shape index (κ3) is 5.09. The maximum absolute atomic E-state index is 12.6. The van der Waals surface area contributed by atoms with Crippen LogP contribution in [0.4, 0.5) is 0 Å². The number of piperidine rings is 1. The van der Waals surface area contributed by atoms with Gasteiger partial charge in [0.05, 0.1) is 6.61 Å². The molecule has 2 aliphatic rings. The summed E-state index contributed by atoms with van der Waals surface area (Å²) in [4.78, 5) is 38.0. The van der Waals surface area contributed by atoms with Gasteiger partial charge >= 0.3 is 0 Å². The van der Waals surface area contributed by atoms with Crippen molar-refractivity contribution in [3.05, 3.63) is 29.8 Å². The van der Waals surface area contributed by atoms with Crippen molar-refractivity contribution in [2.24, 2.45) is 11.0 Å². The zero-order valence-corrected chi connectivity index (χ0v) is 16.1. The Hall–Kier alpha value is -2.90. The van der Waals surface area contributed by atoms with Gasteiger partial charge in [0.25, 0.3) is 11.8 Å². The molecule has 150 valence electrons. The van der Waals surface area contributed by atoms with Crippen LogP contribution < -0.4 is 15.5 Å². The number of hydrogen-bond acceptors (Lipinski definition) is 5. The van der Waals surface area contributed by atoms with E-state index in [1.54, 1.807) is 23.1 Å². The Morgan fingerprint density at radius 2 is 2.21 bits per heavy atom. The van der Waals surface area contributed by atoms with Crippen molar-refractivity contribution in [3.8, 4) is 5.75 Å². The van der Waals surface area contributed by atoms with Crippen molar-refractivity contribution in [1.29, 1.82) is 0 Å². The number of likely N-dealkylation sites (tertiary alicyclic amines) is 1. The molecule has 8 heteroatoms. The molecule has 0 saturated carbocycles. The van der Waals surface area contributed by atoms with Crippen LogP contribution in [0.1, 0.15) is 43.0 Å². The molecule has 0 radical (unpaired) electrons. The number of amides is 3. The van der Waals surface area contributed by atoms with Crippen LogP contribution in [0.3, 0.4) is 0 Å². The second-order valence-electron chi connectivity index (χ2n) is 7.02. The lowest BCUT2D eigenvalue weighted by Crippen LogP contribution is -2.47. The minimum absolute atomic E-state index is 0.125. The molecule has 3 amide bonds. The minimum atomic E-state index is -0.163. The molecular weight excluding hydrogens is 360 g/mol. The van der Waals surface area contributed by atoms with E-state index in [2.05, 4.69) is 15.8 Å². The molecule has 8 nitrogen and oxygen atoms in total. The Morgan fingerprint density at radius 3 is 2.96 bits per heavy atom. The number of carbonyl (C=O) groups excluding carboxylic acids is 3. The molecule has 1 fully saturated rings. The summed E-state index contributed by atoms with van der Waals surface area (Å²) < 4.78 is 5.43. The molecule has 0 bridgehead atoms. The van der Waals surface area contributed by atoms with E-state index in [9.17, 15) is 14.4 Å². The molecule has 2 N–H and O–H groups in total. The fraction of sp³-hybridized carbons (Fsp3) is 0.500. The summed E-state index contributed by atoms with van der Waals surface area (Å²) >= 11 is 0. The molecule has 1 atom stereocenters. The van der Waals surface area contributed by atoms with Crippen molar-refractivity contribution in [3.63, 3.8) is 0 Å². The zero-order valence-electron chi connectivity index (χ0n) is 16.1. The molecule has 1 aromatic carbocycles. The lowest BCUT2D eigenvalue weighted by atomic mass is 9.97. The molecule has 0 spiro atoms. The van der Waals surface area contributed by atoms with Crippen LogP contribution in [0, 0.1) is 5.92 Å². The first-order chi connectivity index (χ1) is 13.6. The summed E-state index contributed by atoms with van der Waals surface area (Å²) in [6.07, 6.45) is 2.50. The van der Waals surface area contributed by atoms with E-state index >= 15 is 0 Å². The number of carbonyl (C=O) groups is 3. The number of nitrogens with one attached hydrogen (secondary N) is 2. The van der Waals surface area contributed by atoms with Gasteiger partial charge in [0.2, 0.25) is 5.91 Å². The number of ether oxygens (including phenoxy) is 1. The minimum Gasteiger partial charge on any atom is -0.494 e. The van der Waals surface area contributed by atoms with Crippen molar-refractivity contribution in [2.45, 2.75) is 32.6 Å². The summed E-state index contributed by atoms with van der Waals surface area (Å²) in [6.45, 7) is 4.20. The van der Waals surface area contributed by atoms with Crippen LogP contribution in [-0.4, -0.2) is 54.6 Å². The van der Waals surface area contributed by atoms with Gasteiger partial charge in [0.1, 0.15) is 11.5 Å². The van der Waals surface area contributed by atoms with Crippen molar-refractivity contribution in [1.82, 2.24) is 15.6 Å². The molecule has 1 unspecified atom stereocenters. The number of hydrazone groups is 1. The first kappa shape index (κ1) is 19.9. The Labute approximate surface area is 164 Å². The normalized spacial score (nSPS) is 19.5. The van der Waals surface area contributed by atoms with E-state index in [0.29, 0.717) is 56.1 Å². The maximum Gasteiger partial charge on any atom is 0.270 e. The van der Waals surface area contributed by atoms with E-state index in [1.165, 1.54) is 0 Å². The maximum atomic E-state index is 12.6. The van der Waals surface area contributed by atoms with E-state index in [4.69, 9.17) is 4.74 Å². The number of benzene rings is 1. The second-order valence-corrected chi connectivity index (χ2v) is 7.02. The molecule has 1 saturated heterocycles. The van der Waals surface area contributed by atoms with Gasteiger partial charge in [-0.2, -0.15) is 5.10 Å². The van der Waals surface area contributed by atoms with Crippen LogP contribution >= 0.6 is 0 Å². The van der Waals surface area contributed by atoms with E-state index in [0.717, 1.165) is 12.8 Å². The Bertz CT molecular complexity index is 777. The van der Waals surface area contributed by atoms with Gasteiger partial charge < -0.3 is 15.0 Å². The molecule has 0 aliphatic carbocycles. The average molecular weight is 386 g/mol. The summed E-state index contributed by atoms with van der Waals surface area (Å²) in [5, 5.41) is 6.86. The highest BCUT2D eigenvalue weighted by Crippen LogP contribution is 2.18. The Morgan fingerprint density at radius 1 is 1.36 bits per heavy atom. The van der Waals surface area contributed by atoms with Gasteiger partial charge in [0, 0.05) is 38.0 Å². The predicted octanol–water partition coefficient (Wildman–Crippen LogP) is 1.32. The summed E-state index contributed by atoms with van der Waals surface area (Å²) in [5.41, 5.74) is 3.33. The van der Waals surface area contributed by atoms with E-state index < -0.39 is 0 Å². The van der Waals surface area contributed by atoms with Crippen LogP contribution in [0.15, 0.2) is 29.4 Å². The average Bonchev–Trinajstić information content (AvgIpc) is 2.73. The quantitative estimate of drug-likeness (QED) is 0.770. The van der Waals surface area contributed by atoms with Crippen molar-refractivity contribution in [2.75, 3.05) is 26.2 Å². The predicted molar refractivity (Wildman–Crippen MR) is 104 cm³/mol. The summed E-state index contributed by atoms with van der Waals surface area (Å²) in [5.74, 6) is 0.425. The van der Waals surface area contributed by atoms with Gasteiger partial charge in [-0.25, -0.2) is 5.43 Å². The van der Waals surface area contributed by atoms with Gasteiger partial charge in [-0.1, -0.05) is 6.07 Å². The third-order valence-corrected chi connectivity index (χ3v) is 4.92. The fourth-order valence-electron chi connectivity index (χ4n) is 3.46. The highest BCUT2D eigenvalue weighted by molar-refractivity contribution is 6.39. The number of nitrogens with zero attached hydrogens (tertiary/aromatic N) is 2. The smallest absolute Gasteiger partial charge is 0.270 e. The number of hydrogen-bond donors (Lipinski definition) is 2. The zero-order chi connectivity index (χ0) is 19.9. The molecular formula is C20H26N4O4. The van der Waals surface area contributed by atoms with Gasteiger partial charge in [0.15, 0.2) is 0 Å². The molecule has 0 aromatic heterocycles. The van der Waals surface area contributed by atoms with Gasteiger partial charge in [-0.05, 0) is 43.9 Å². The summed E-state index contributed by atoms with van der Waals surface area (Å²) in [7, 11) is 0. The first-order valence-corrected chi connectivity index (χ1v) is 9.72. The topological polar surface area (TPSA) is 100 Å². The fourth-order valence-corrected chi connectivity index (χ4v) is 3.46. The third-order valence-electron chi connectivity index (χ3n) is 4.92. The lowest BCUT2D eigenvalue weighted by Gasteiger charge is -2.33. The molecule has 28 heavy (non-hydrogen) atoms. The highest BCUT2D eigenvalue weighted by atomic mass is 16.5. The monoisotopic (exact) mass is 386 g/mol.